The molecule has 2 aromatic carbocycles. The Bertz CT molecular complexity index is 743. The maximum atomic E-state index is 13.2. The fourth-order valence-corrected chi connectivity index (χ4v) is 3.57. The zero-order chi connectivity index (χ0) is 18.4. The Labute approximate surface area is 158 Å². The molecule has 1 heterocycles. The monoisotopic (exact) mass is 374 g/mol. The first-order valence-corrected chi connectivity index (χ1v) is 9.11. The second-order valence-electron chi connectivity index (χ2n) is 6.29. The van der Waals surface area contributed by atoms with Crippen molar-refractivity contribution in [3.05, 3.63) is 59.1 Å². The summed E-state index contributed by atoms with van der Waals surface area (Å²) in [5.41, 5.74) is 6.31. The molecule has 1 aliphatic heterocycles. The van der Waals surface area contributed by atoms with E-state index in [4.69, 9.17) is 26.8 Å². The molecule has 6 heteroatoms. The minimum Gasteiger partial charge on any atom is -0.492 e. The third kappa shape index (κ3) is 4.01. The molecule has 3 N–H and O–H groups in total. The van der Waals surface area contributed by atoms with Crippen LogP contribution in [0.3, 0.4) is 0 Å². The zero-order valence-corrected chi connectivity index (χ0v) is 15.3. The van der Waals surface area contributed by atoms with Crippen molar-refractivity contribution in [3.8, 4) is 5.75 Å². The summed E-state index contributed by atoms with van der Waals surface area (Å²) < 4.78 is 11.0. The maximum Gasteiger partial charge on any atom is 0.235 e. The van der Waals surface area contributed by atoms with Crippen LogP contribution in [-0.2, 0) is 14.9 Å². The van der Waals surface area contributed by atoms with E-state index < -0.39 is 5.41 Å². The number of benzene rings is 2. The lowest BCUT2D eigenvalue weighted by Gasteiger charge is -2.36. The summed E-state index contributed by atoms with van der Waals surface area (Å²) in [5.74, 6) is 0.657. The number of hydrogen-bond acceptors (Lipinski definition) is 4. The number of carbonyl (C=O) groups is 1. The Morgan fingerprint density at radius 1 is 1.15 bits per heavy atom. The van der Waals surface area contributed by atoms with Crippen LogP contribution in [0.5, 0.6) is 5.75 Å². The number of rotatable bonds is 6. The Balaban J connectivity index is 1.81. The predicted molar refractivity (Wildman–Crippen MR) is 103 cm³/mol. The molecule has 26 heavy (non-hydrogen) atoms. The van der Waals surface area contributed by atoms with Gasteiger partial charge in [-0.05, 0) is 48.7 Å². The molecule has 0 atom stereocenters. The van der Waals surface area contributed by atoms with Gasteiger partial charge in [0.25, 0.3) is 0 Å². The van der Waals surface area contributed by atoms with Crippen molar-refractivity contribution in [3.63, 3.8) is 0 Å². The molecule has 1 aliphatic rings. The van der Waals surface area contributed by atoms with Gasteiger partial charge in [0.1, 0.15) is 12.4 Å². The van der Waals surface area contributed by atoms with E-state index in [9.17, 15) is 4.79 Å². The number of halogens is 1. The summed E-state index contributed by atoms with van der Waals surface area (Å²) in [4.78, 5) is 13.2. The molecule has 0 spiro atoms. The number of nitrogens with one attached hydrogen (secondary N) is 1. The summed E-state index contributed by atoms with van der Waals surface area (Å²) >= 11 is 6.42. The highest BCUT2D eigenvalue weighted by Gasteiger charge is 2.43. The van der Waals surface area contributed by atoms with Gasteiger partial charge in [0, 0.05) is 30.5 Å². The van der Waals surface area contributed by atoms with Crippen LogP contribution in [0, 0.1) is 0 Å². The SMILES string of the molecule is NCCOc1ccc(NC(=O)C2(c3ccccc3Cl)CCOCC2)cc1. The molecular formula is C20H23ClN2O3. The van der Waals surface area contributed by atoms with Gasteiger partial charge in [-0.25, -0.2) is 0 Å². The second kappa shape index (κ2) is 8.54. The Morgan fingerprint density at radius 2 is 1.85 bits per heavy atom. The number of hydrogen-bond donors (Lipinski definition) is 2. The number of nitrogens with two attached hydrogens (primary N) is 1. The molecule has 2 aromatic rings. The van der Waals surface area contributed by atoms with E-state index in [-0.39, 0.29) is 5.91 Å². The van der Waals surface area contributed by atoms with Crippen LogP contribution in [0.4, 0.5) is 5.69 Å². The second-order valence-corrected chi connectivity index (χ2v) is 6.70. The van der Waals surface area contributed by atoms with Gasteiger partial charge in [0.15, 0.2) is 0 Å². The zero-order valence-electron chi connectivity index (χ0n) is 14.5. The molecule has 5 nitrogen and oxygen atoms in total. The molecule has 0 aliphatic carbocycles. The van der Waals surface area contributed by atoms with Gasteiger partial charge in [-0.1, -0.05) is 29.8 Å². The first-order valence-electron chi connectivity index (χ1n) is 8.73. The molecule has 1 fully saturated rings. The van der Waals surface area contributed by atoms with Gasteiger partial charge in [0.05, 0.1) is 5.41 Å². The fraction of sp³-hybridized carbons (Fsp3) is 0.350. The molecule has 1 saturated heterocycles. The maximum absolute atomic E-state index is 13.2. The minimum atomic E-state index is -0.689. The molecule has 0 bridgehead atoms. The smallest absolute Gasteiger partial charge is 0.235 e. The molecule has 3 rings (SSSR count). The van der Waals surface area contributed by atoms with Gasteiger partial charge in [0.2, 0.25) is 5.91 Å². The molecule has 0 unspecified atom stereocenters. The van der Waals surface area contributed by atoms with Crippen LogP contribution in [-0.4, -0.2) is 32.3 Å². The number of anilines is 1. The average Bonchev–Trinajstić information content (AvgIpc) is 2.68. The van der Waals surface area contributed by atoms with Crippen LogP contribution < -0.4 is 15.8 Å². The standard InChI is InChI=1S/C20H23ClN2O3/c21-18-4-2-1-3-17(18)20(9-12-25-13-10-20)19(24)23-15-5-7-16(8-6-15)26-14-11-22/h1-8H,9-14,22H2,(H,23,24). The summed E-state index contributed by atoms with van der Waals surface area (Å²) in [6.45, 7) is 1.98. The highest BCUT2D eigenvalue weighted by molar-refractivity contribution is 6.31. The average molecular weight is 375 g/mol. The molecule has 0 saturated carbocycles. The van der Waals surface area contributed by atoms with Crippen LogP contribution in [0.25, 0.3) is 0 Å². The first kappa shape index (κ1) is 18.7. The molecular weight excluding hydrogens is 352 g/mol. The number of ether oxygens (including phenoxy) is 2. The summed E-state index contributed by atoms with van der Waals surface area (Å²) in [5, 5.41) is 3.63. The van der Waals surface area contributed by atoms with Crippen molar-refractivity contribution in [2.24, 2.45) is 5.73 Å². The van der Waals surface area contributed by atoms with Crippen LogP contribution in [0.1, 0.15) is 18.4 Å². The van der Waals surface area contributed by atoms with Crippen molar-refractivity contribution < 1.29 is 14.3 Å². The Morgan fingerprint density at radius 3 is 2.50 bits per heavy atom. The molecule has 1 amide bonds. The largest absolute Gasteiger partial charge is 0.492 e. The lowest BCUT2D eigenvalue weighted by atomic mass is 9.73. The normalized spacial score (nSPS) is 16.1. The lowest BCUT2D eigenvalue weighted by molar-refractivity contribution is -0.125. The Kier molecular flexibility index (Phi) is 6.14. The van der Waals surface area contributed by atoms with Crippen molar-refractivity contribution in [2.45, 2.75) is 18.3 Å². The minimum absolute atomic E-state index is 0.0653. The summed E-state index contributed by atoms with van der Waals surface area (Å²) in [6.07, 6.45) is 1.19. The van der Waals surface area contributed by atoms with Crippen molar-refractivity contribution in [2.75, 3.05) is 31.7 Å². The Hall–Kier alpha value is -2.08. The summed E-state index contributed by atoms with van der Waals surface area (Å²) in [6, 6.07) is 14.8. The summed E-state index contributed by atoms with van der Waals surface area (Å²) in [7, 11) is 0. The highest BCUT2D eigenvalue weighted by Crippen LogP contribution is 2.39. The van der Waals surface area contributed by atoms with Crippen molar-refractivity contribution in [1.29, 1.82) is 0 Å². The van der Waals surface area contributed by atoms with Crippen LogP contribution in [0.2, 0.25) is 5.02 Å². The quantitative estimate of drug-likeness (QED) is 0.813. The highest BCUT2D eigenvalue weighted by atomic mass is 35.5. The van der Waals surface area contributed by atoms with E-state index in [1.54, 1.807) is 0 Å². The number of carbonyl (C=O) groups excluding carboxylic acids is 1. The third-order valence-electron chi connectivity index (χ3n) is 4.67. The van der Waals surface area contributed by atoms with Gasteiger partial charge in [-0.15, -0.1) is 0 Å². The first-order chi connectivity index (χ1) is 12.7. The predicted octanol–water partition coefficient (Wildman–Crippen LogP) is 3.36. The van der Waals surface area contributed by atoms with E-state index in [2.05, 4.69) is 5.32 Å². The van der Waals surface area contributed by atoms with E-state index in [0.29, 0.717) is 49.9 Å². The fourth-order valence-electron chi connectivity index (χ4n) is 3.25. The topological polar surface area (TPSA) is 73.6 Å². The van der Waals surface area contributed by atoms with E-state index in [1.807, 2.05) is 48.5 Å². The number of amides is 1. The van der Waals surface area contributed by atoms with E-state index in [1.165, 1.54) is 0 Å². The van der Waals surface area contributed by atoms with E-state index in [0.717, 1.165) is 11.3 Å². The van der Waals surface area contributed by atoms with Gasteiger partial charge >= 0.3 is 0 Å². The molecule has 0 aromatic heterocycles. The van der Waals surface area contributed by atoms with Gasteiger partial charge < -0.3 is 20.5 Å². The van der Waals surface area contributed by atoms with Crippen LogP contribution in [0.15, 0.2) is 48.5 Å². The van der Waals surface area contributed by atoms with Gasteiger partial charge in [-0.3, -0.25) is 4.79 Å². The molecule has 0 radical (unpaired) electrons. The van der Waals surface area contributed by atoms with Crippen molar-refractivity contribution in [1.82, 2.24) is 0 Å². The molecule has 138 valence electrons. The van der Waals surface area contributed by atoms with Gasteiger partial charge in [-0.2, -0.15) is 0 Å². The van der Waals surface area contributed by atoms with Crippen molar-refractivity contribution >= 4 is 23.2 Å². The lowest BCUT2D eigenvalue weighted by Crippen LogP contribution is -2.45. The van der Waals surface area contributed by atoms with Crippen LogP contribution >= 0.6 is 11.6 Å². The third-order valence-corrected chi connectivity index (χ3v) is 5.00. The van der Waals surface area contributed by atoms with E-state index >= 15 is 0 Å².